The summed E-state index contributed by atoms with van der Waals surface area (Å²) < 4.78 is 5.56. The predicted molar refractivity (Wildman–Crippen MR) is 65.1 cm³/mol. The molecule has 0 amide bonds. The van der Waals surface area contributed by atoms with Crippen molar-refractivity contribution in [2.45, 2.75) is 58.0 Å². The zero-order valence-corrected chi connectivity index (χ0v) is 10.5. The van der Waals surface area contributed by atoms with E-state index in [2.05, 4.69) is 25.2 Å². The van der Waals surface area contributed by atoms with Crippen LogP contribution in [-0.2, 0) is 4.74 Å². The Hall–Kier alpha value is -0.590. The highest BCUT2D eigenvalue weighted by Gasteiger charge is 2.16. The maximum atomic E-state index is 8.90. The van der Waals surface area contributed by atoms with Crippen molar-refractivity contribution in [2.24, 2.45) is 5.92 Å². The third-order valence-electron chi connectivity index (χ3n) is 3.14. The fraction of sp³-hybridized carbons (Fsp3) is 0.923. The van der Waals surface area contributed by atoms with Gasteiger partial charge in [0.25, 0.3) is 0 Å². The molecular formula is C13H24N2O. The van der Waals surface area contributed by atoms with Crippen molar-refractivity contribution in [3.8, 4) is 6.07 Å². The lowest BCUT2D eigenvalue weighted by molar-refractivity contribution is 0.101. The first-order valence-corrected chi connectivity index (χ1v) is 6.45. The van der Waals surface area contributed by atoms with Gasteiger partial charge >= 0.3 is 0 Å². The second-order valence-electron chi connectivity index (χ2n) is 4.99. The molecule has 0 aromatic heterocycles. The van der Waals surface area contributed by atoms with E-state index in [0.29, 0.717) is 12.6 Å². The Morgan fingerprint density at radius 3 is 2.62 bits per heavy atom. The Labute approximate surface area is 99.2 Å². The van der Waals surface area contributed by atoms with Crippen molar-refractivity contribution in [1.82, 2.24) is 5.32 Å². The van der Waals surface area contributed by atoms with Crippen molar-refractivity contribution >= 4 is 0 Å². The molecule has 3 heteroatoms. The summed E-state index contributed by atoms with van der Waals surface area (Å²) in [6, 6.07) is 2.56. The van der Waals surface area contributed by atoms with E-state index in [9.17, 15) is 0 Å². The summed E-state index contributed by atoms with van der Waals surface area (Å²) in [5.74, 6) is 0.917. The lowest BCUT2D eigenvalue weighted by atomic mass is 9.83. The summed E-state index contributed by atoms with van der Waals surface area (Å²) >= 11 is 0. The zero-order valence-electron chi connectivity index (χ0n) is 10.5. The van der Waals surface area contributed by atoms with Crippen molar-refractivity contribution < 1.29 is 4.74 Å². The van der Waals surface area contributed by atoms with Gasteiger partial charge in [0.15, 0.2) is 0 Å². The summed E-state index contributed by atoms with van der Waals surface area (Å²) in [7, 11) is 0. The molecule has 0 radical (unpaired) electrons. The van der Waals surface area contributed by atoms with Crippen molar-refractivity contribution in [3.63, 3.8) is 0 Å². The van der Waals surface area contributed by atoms with E-state index < -0.39 is 0 Å². The summed E-state index contributed by atoms with van der Waals surface area (Å²) in [6.07, 6.45) is 6.17. The second-order valence-corrected chi connectivity index (χ2v) is 4.99. The first-order chi connectivity index (χ1) is 7.72. The van der Waals surface area contributed by atoms with Crippen molar-refractivity contribution in [3.05, 3.63) is 0 Å². The van der Waals surface area contributed by atoms with Crippen LogP contribution in [0.2, 0.25) is 0 Å². The molecule has 0 heterocycles. The molecule has 1 unspecified atom stereocenters. The van der Waals surface area contributed by atoms with Gasteiger partial charge in [-0.15, -0.1) is 0 Å². The molecule has 1 aliphatic rings. The number of hydrogen-bond donors (Lipinski definition) is 1. The molecule has 0 aliphatic heterocycles. The number of hydrogen-bond acceptors (Lipinski definition) is 3. The lowest BCUT2D eigenvalue weighted by Crippen LogP contribution is -2.34. The summed E-state index contributed by atoms with van der Waals surface area (Å²) in [5, 5.41) is 12.1. The second kappa shape index (κ2) is 7.65. The topological polar surface area (TPSA) is 45.0 Å². The van der Waals surface area contributed by atoms with Crippen molar-refractivity contribution in [2.75, 3.05) is 13.2 Å². The SMILES string of the molecule is CC(C)NC(C#N)CCOCCC1CCC1. The maximum Gasteiger partial charge on any atom is 0.0976 e. The van der Waals surface area contributed by atoms with E-state index in [-0.39, 0.29) is 6.04 Å². The summed E-state index contributed by atoms with van der Waals surface area (Å²) in [4.78, 5) is 0. The Kier molecular flexibility index (Phi) is 6.44. The highest BCUT2D eigenvalue weighted by atomic mass is 16.5. The fourth-order valence-electron chi connectivity index (χ4n) is 1.92. The normalized spacial score (nSPS) is 18.1. The van der Waals surface area contributed by atoms with Crippen LogP contribution in [0.25, 0.3) is 0 Å². The van der Waals surface area contributed by atoms with Gasteiger partial charge in [-0.05, 0) is 32.6 Å². The van der Waals surface area contributed by atoms with Crippen LogP contribution in [-0.4, -0.2) is 25.3 Å². The molecule has 1 aliphatic carbocycles. The fourth-order valence-corrected chi connectivity index (χ4v) is 1.92. The molecule has 0 saturated heterocycles. The molecule has 1 N–H and O–H groups in total. The summed E-state index contributed by atoms with van der Waals surface area (Å²) in [5.41, 5.74) is 0. The minimum Gasteiger partial charge on any atom is -0.381 e. The monoisotopic (exact) mass is 224 g/mol. The third-order valence-corrected chi connectivity index (χ3v) is 3.14. The first kappa shape index (κ1) is 13.5. The Balaban J connectivity index is 1.93. The molecule has 1 atom stereocenters. The van der Waals surface area contributed by atoms with E-state index >= 15 is 0 Å². The van der Waals surface area contributed by atoms with Crippen LogP contribution in [0.1, 0.15) is 46.0 Å². The molecule has 0 aromatic carbocycles. The van der Waals surface area contributed by atoms with Gasteiger partial charge in [-0.25, -0.2) is 0 Å². The van der Waals surface area contributed by atoms with Gasteiger partial charge in [-0.1, -0.05) is 19.3 Å². The largest absolute Gasteiger partial charge is 0.381 e. The number of nitriles is 1. The van der Waals surface area contributed by atoms with Crippen LogP contribution in [0.4, 0.5) is 0 Å². The average Bonchev–Trinajstić information content (AvgIpc) is 2.18. The standard InChI is InChI=1S/C13H24N2O/c1-11(2)15-13(10-14)7-9-16-8-6-12-4-3-5-12/h11-13,15H,3-9H2,1-2H3. The van der Waals surface area contributed by atoms with Gasteiger partial charge in [-0.3, -0.25) is 5.32 Å². The Morgan fingerprint density at radius 1 is 1.38 bits per heavy atom. The molecule has 0 bridgehead atoms. The van der Waals surface area contributed by atoms with E-state index in [1.165, 1.54) is 25.7 Å². The van der Waals surface area contributed by atoms with Crippen LogP contribution < -0.4 is 5.32 Å². The predicted octanol–water partition coefficient (Wildman–Crippen LogP) is 2.47. The minimum atomic E-state index is -0.0660. The average molecular weight is 224 g/mol. The molecule has 0 aromatic rings. The van der Waals surface area contributed by atoms with Gasteiger partial charge in [0.1, 0.15) is 0 Å². The van der Waals surface area contributed by atoms with Crippen LogP contribution in [0, 0.1) is 17.2 Å². The molecule has 1 fully saturated rings. The van der Waals surface area contributed by atoms with Crippen LogP contribution in [0.5, 0.6) is 0 Å². The number of nitrogens with one attached hydrogen (secondary N) is 1. The van der Waals surface area contributed by atoms with Gasteiger partial charge in [-0.2, -0.15) is 5.26 Å². The molecular weight excluding hydrogens is 200 g/mol. The molecule has 1 rings (SSSR count). The molecule has 0 spiro atoms. The van der Waals surface area contributed by atoms with Crippen LogP contribution in [0.15, 0.2) is 0 Å². The van der Waals surface area contributed by atoms with Crippen LogP contribution in [0.3, 0.4) is 0 Å². The van der Waals surface area contributed by atoms with E-state index in [0.717, 1.165) is 18.9 Å². The van der Waals surface area contributed by atoms with E-state index in [1.54, 1.807) is 0 Å². The minimum absolute atomic E-state index is 0.0660. The lowest BCUT2D eigenvalue weighted by Gasteiger charge is -2.25. The number of ether oxygens (including phenoxy) is 1. The number of nitrogens with zero attached hydrogens (tertiary/aromatic N) is 1. The molecule has 3 nitrogen and oxygen atoms in total. The van der Waals surface area contributed by atoms with Gasteiger partial charge < -0.3 is 4.74 Å². The maximum absolute atomic E-state index is 8.90. The Bertz CT molecular complexity index is 218. The van der Waals surface area contributed by atoms with Crippen molar-refractivity contribution in [1.29, 1.82) is 5.26 Å². The van der Waals surface area contributed by atoms with E-state index in [4.69, 9.17) is 10.00 Å². The highest BCUT2D eigenvalue weighted by Crippen LogP contribution is 2.29. The van der Waals surface area contributed by atoms with Gasteiger partial charge in [0.05, 0.1) is 12.1 Å². The van der Waals surface area contributed by atoms with Gasteiger partial charge in [0.2, 0.25) is 0 Å². The quantitative estimate of drug-likeness (QED) is 0.644. The third kappa shape index (κ3) is 5.48. The smallest absolute Gasteiger partial charge is 0.0976 e. The highest BCUT2D eigenvalue weighted by molar-refractivity contribution is 4.90. The van der Waals surface area contributed by atoms with E-state index in [1.807, 2.05) is 0 Å². The molecule has 92 valence electrons. The zero-order chi connectivity index (χ0) is 11.8. The Morgan fingerprint density at radius 2 is 2.12 bits per heavy atom. The van der Waals surface area contributed by atoms with Crippen LogP contribution >= 0.6 is 0 Å². The summed E-state index contributed by atoms with van der Waals surface area (Å²) in [6.45, 7) is 5.68. The molecule has 16 heavy (non-hydrogen) atoms. The first-order valence-electron chi connectivity index (χ1n) is 6.45. The van der Waals surface area contributed by atoms with Gasteiger partial charge in [0, 0.05) is 19.3 Å². The molecule has 1 saturated carbocycles. The number of rotatable bonds is 8.